The number of ether oxygens (including phenoxy) is 1. The van der Waals surface area contributed by atoms with Crippen molar-refractivity contribution in [1.29, 1.82) is 0 Å². The van der Waals surface area contributed by atoms with Crippen LogP contribution in [0, 0.1) is 11.8 Å². The molecule has 1 fully saturated rings. The van der Waals surface area contributed by atoms with Gasteiger partial charge in [-0.3, -0.25) is 0 Å². The Kier molecular flexibility index (Phi) is 4.30. The van der Waals surface area contributed by atoms with Gasteiger partial charge in [-0.1, -0.05) is 31.5 Å². The fourth-order valence-electron chi connectivity index (χ4n) is 4.10. The smallest absolute Gasteiger partial charge is 0.123 e. The van der Waals surface area contributed by atoms with Crippen LogP contribution in [0.25, 0.3) is 0 Å². The monoisotopic (exact) mass is 273 g/mol. The van der Waals surface area contributed by atoms with Crippen molar-refractivity contribution in [3.63, 3.8) is 0 Å². The van der Waals surface area contributed by atoms with Crippen molar-refractivity contribution in [2.45, 2.75) is 57.6 Å². The zero-order chi connectivity index (χ0) is 13.9. The molecule has 20 heavy (non-hydrogen) atoms. The van der Waals surface area contributed by atoms with E-state index in [1.807, 2.05) is 0 Å². The summed E-state index contributed by atoms with van der Waals surface area (Å²) in [5.41, 5.74) is 1.39. The summed E-state index contributed by atoms with van der Waals surface area (Å²) in [4.78, 5) is 0. The Hall–Kier alpha value is -1.02. The molecule has 2 heteroatoms. The van der Waals surface area contributed by atoms with E-state index in [1.54, 1.807) is 0 Å². The first-order chi connectivity index (χ1) is 9.80. The summed E-state index contributed by atoms with van der Waals surface area (Å²) in [7, 11) is 2.12. The molecule has 4 atom stereocenters. The second-order valence-electron chi connectivity index (χ2n) is 6.53. The fraction of sp³-hybridized carbons (Fsp3) is 0.667. The van der Waals surface area contributed by atoms with Crippen LogP contribution in [0.15, 0.2) is 24.3 Å². The number of rotatable bonds is 4. The van der Waals surface area contributed by atoms with Crippen LogP contribution in [0.3, 0.4) is 0 Å². The van der Waals surface area contributed by atoms with Gasteiger partial charge in [0.1, 0.15) is 11.9 Å². The van der Waals surface area contributed by atoms with E-state index in [9.17, 15) is 0 Å². The van der Waals surface area contributed by atoms with Gasteiger partial charge in [-0.2, -0.15) is 0 Å². The maximum atomic E-state index is 6.14. The number of para-hydroxylation sites is 1. The molecule has 1 aliphatic heterocycles. The molecule has 0 amide bonds. The Bertz CT molecular complexity index is 420. The SMILES string of the molecule is CCC1CCC(NC)C(CC2Cc3ccccc3O2)C1. The van der Waals surface area contributed by atoms with Crippen LogP contribution in [0.4, 0.5) is 0 Å². The molecule has 0 spiro atoms. The van der Waals surface area contributed by atoms with Crippen LogP contribution < -0.4 is 10.1 Å². The number of fused-ring (bicyclic) bond motifs is 1. The van der Waals surface area contributed by atoms with Gasteiger partial charge in [0.25, 0.3) is 0 Å². The van der Waals surface area contributed by atoms with Crippen LogP contribution >= 0.6 is 0 Å². The lowest BCUT2D eigenvalue weighted by molar-refractivity contribution is 0.131. The van der Waals surface area contributed by atoms with Gasteiger partial charge < -0.3 is 10.1 Å². The average molecular weight is 273 g/mol. The van der Waals surface area contributed by atoms with Crippen LogP contribution in [0.5, 0.6) is 5.75 Å². The zero-order valence-electron chi connectivity index (χ0n) is 12.8. The maximum absolute atomic E-state index is 6.14. The highest BCUT2D eigenvalue weighted by Crippen LogP contribution is 2.37. The Morgan fingerprint density at radius 1 is 1.25 bits per heavy atom. The minimum absolute atomic E-state index is 0.392. The molecular formula is C18H27NO. The Labute approximate surface area is 122 Å². The van der Waals surface area contributed by atoms with Gasteiger partial charge in [0.05, 0.1) is 0 Å². The number of nitrogens with one attached hydrogen (secondary N) is 1. The van der Waals surface area contributed by atoms with Crippen molar-refractivity contribution in [3.8, 4) is 5.75 Å². The Morgan fingerprint density at radius 3 is 2.85 bits per heavy atom. The summed E-state index contributed by atoms with van der Waals surface area (Å²) in [5, 5.41) is 3.54. The lowest BCUT2D eigenvalue weighted by Gasteiger charge is -2.37. The fourth-order valence-corrected chi connectivity index (χ4v) is 4.10. The van der Waals surface area contributed by atoms with Gasteiger partial charge >= 0.3 is 0 Å². The van der Waals surface area contributed by atoms with E-state index in [2.05, 4.69) is 43.6 Å². The molecule has 3 rings (SSSR count). The molecule has 0 radical (unpaired) electrons. The molecule has 0 saturated heterocycles. The molecule has 4 unspecified atom stereocenters. The van der Waals surface area contributed by atoms with E-state index in [0.717, 1.165) is 24.0 Å². The molecule has 1 N–H and O–H groups in total. The van der Waals surface area contributed by atoms with Crippen molar-refractivity contribution < 1.29 is 4.74 Å². The van der Waals surface area contributed by atoms with Gasteiger partial charge in [0.2, 0.25) is 0 Å². The molecule has 110 valence electrons. The van der Waals surface area contributed by atoms with Crippen LogP contribution in [0.2, 0.25) is 0 Å². The van der Waals surface area contributed by atoms with Crippen molar-refractivity contribution in [2.75, 3.05) is 7.05 Å². The zero-order valence-corrected chi connectivity index (χ0v) is 12.8. The molecule has 1 aromatic rings. The summed E-state index contributed by atoms with van der Waals surface area (Å²) in [6.07, 6.45) is 8.13. The number of hydrogen-bond donors (Lipinski definition) is 1. The van der Waals surface area contributed by atoms with E-state index < -0.39 is 0 Å². The summed E-state index contributed by atoms with van der Waals surface area (Å²) >= 11 is 0. The largest absolute Gasteiger partial charge is 0.490 e. The minimum atomic E-state index is 0.392. The Morgan fingerprint density at radius 2 is 2.10 bits per heavy atom. The second-order valence-corrected chi connectivity index (χ2v) is 6.53. The highest BCUT2D eigenvalue weighted by Gasteiger charge is 2.33. The van der Waals surface area contributed by atoms with Crippen LogP contribution in [0.1, 0.15) is 44.6 Å². The van der Waals surface area contributed by atoms with Crippen molar-refractivity contribution >= 4 is 0 Å². The number of hydrogen-bond acceptors (Lipinski definition) is 2. The normalized spacial score (nSPS) is 32.7. The van der Waals surface area contributed by atoms with Crippen molar-refractivity contribution in [3.05, 3.63) is 29.8 Å². The standard InChI is InChI=1S/C18H27NO/c1-3-13-8-9-17(19-2)15(10-13)12-16-11-14-6-4-5-7-18(14)20-16/h4-7,13,15-17,19H,3,8-12H2,1-2H3. The molecule has 1 aliphatic carbocycles. The van der Waals surface area contributed by atoms with E-state index in [-0.39, 0.29) is 0 Å². The number of benzene rings is 1. The predicted molar refractivity (Wildman–Crippen MR) is 83.1 cm³/mol. The highest BCUT2D eigenvalue weighted by molar-refractivity contribution is 5.37. The average Bonchev–Trinajstić information content (AvgIpc) is 2.89. The molecule has 2 nitrogen and oxygen atoms in total. The van der Waals surface area contributed by atoms with Crippen LogP contribution in [-0.2, 0) is 6.42 Å². The van der Waals surface area contributed by atoms with Crippen LogP contribution in [-0.4, -0.2) is 19.2 Å². The summed E-state index contributed by atoms with van der Waals surface area (Å²) in [6.45, 7) is 2.34. The van der Waals surface area contributed by atoms with E-state index >= 15 is 0 Å². The summed E-state index contributed by atoms with van der Waals surface area (Å²) in [5.74, 6) is 2.81. The molecule has 1 heterocycles. The second kappa shape index (κ2) is 6.17. The lowest BCUT2D eigenvalue weighted by Crippen LogP contribution is -2.40. The van der Waals surface area contributed by atoms with E-state index in [1.165, 1.54) is 37.7 Å². The summed E-state index contributed by atoms with van der Waals surface area (Å²) < 4.78 is 6.14. The third-order valence-corrected chi connectivity index (χ3v) is 5.32. The Balaban J connectivity index is 1.62. The van der Waals surface area contributed by atoms with Crippen molar-refractivity contribution in [2.24, 2.45) is 11.8 Å². The predicted octanol–water partition coefficient (Wildman–Crippen LogP) is 3.79. The third kappa shape index (κ3) is 2.85. The topological polar surface area (TPSA) is 21.3 Å². The molecule has 1 saturated carbocycles. The maximum Gasteiger partial charge on any atom is 0.123 e. The van der Waals surface area contributed by atoms with Gasteiger partial charge in [-0.05, 0) is 56.2 Å². The van der Waals surface area contributed by atoms with Gasteiger partial charge in [-0.15, -0.1) is 0 Å². The first-order valence-corrected chi connectivity index (χ1v) is 8.22. The summed E-state index contributed by atoms with van der Waals surface area (Å²) in [6, 6.07) is 9.20. The first-order valence-electron chi connectivity index (χ1n) is 8.22. The van der Waals surface area contributed by atoms with Gasteiger partial charge in [0.15, 0.2) is 0 Å². The molecule has 0 bridgehead atoms. The lowest BCUT2D eigenvalue weighted by atomic mass is 9.74. The molecular weight excluding hydrogens is 246 g/mol. The molecule has 2 aliphatic rings. The van der Waals surface area contributed by atoms with Gasteiger partial charge in [-0.25, -0.2) is 0 Å². The molecule has 0 aromatic heterocycles. The highest BCUT2D eigenvalue weighted by atomic mass is 16.5. The quantitative estimate of drug-likeness (QED) is 0.901. The van der Waals surface area contributed by atoms with E-state index in [4.69, 9.17) is 4.74 Å². The van der Waals surface area contributed by atoms with E-state index in [0.29, 0.717) is 12.1 Å². The molecule has 1 aromatic carbocycles. The first kappa shape index (κ1) is 13.9. The minimum Gasteiger partial charge on any atom is -0.490 e. The third-order valence-electron chi connectivity index (χ3n) is 5.32. The van der Waals surface area contributed by atoms with Gasteiger partial charge in [0, 0.05) is 12.5 Å². The van der Waals surface area contributed by atoms with Crippen molar-refractivity contribution in [1.82, 2.24) is 5.32 Å².